The Morgan fingerprint density at radius 2 is 1.84 bits per heavy atom. The van der Waals surface area contributed by atoms with Gasteiger partial charge >= 0.3 is 0 Å². The van der Waals surface area contributed by atoms with Crippen molar-refractivity contribution in [2.75, 3.05) is 23.9 Å². The molecule has 0 fully saturated rings. The SMILES string of the molecule is CCOc1ccccc1N1C(=O)C(Nc2ccc(OC)c(Cl)c2)=C(c2cccs2)C1=O. The Morgan fingerprint density at radius 3 is 2.52 bits per heavy atom. The summed E-state index contributed by atoms with van der Waals surface area (Å²) < 4.78 is 10.8. The van der Waals surface area contributed by atoms with E-state index in [0.29, 0.717) is 45.0 Å². The number of amides is 2. The Kier molecular flexibility index (Phi) is 5.97. The first-order chi connectivity index (χ1) is 15.0. The molecule has 0 radical (unpaired) electrons. The molecule has 0 saturated heterocycles. The van der Waals surface area contributed by atoms with Crippen molar-refractivity contribution < 1.29 is 19.1 Å². The number of para-hydroxylation sites is 2. The molecule has 1 aliphatic heterocycles. The third kappa shape index (κ3) is 3.89. The smallest absolute Gasteiger partial charge is 0.282 e. The summed E-state index contributed by atoms with van der Waals surface area (Å²) in [5.41, 5.74) is 1.45. The number of methoxy groups -OCH3 is 1. The highest BCUT2D eigenvalue weighted by molar-refractivity contribution is 7.11. The van der Waals surface area contributed by atoms with E-state index in [1.54, 1.807) is 42.5 Å². The molecule has 8 heteroatoms. The lowest BCUT2D eigenvalue weighted by Crippen LogP contribution is -2.32. The average Bonchev–Trinajstić information content (AvgIpc) is 3.36. The second kappa shape index (κ2) is 8.83. The molecule has 0 aliphatic carbocycles. The van der Waals surface area contributed by atoms with Crippen molar-refractivity contribution in [2.45, 2.75) is 6.92 Å². The maximum Gasteiger partial charge on any atom is 0.282 e. The zero-order chi connectivity index (χ0) is 22.0. The quantitative estimate of drug-likeness (QED) is 0.496. The summed E-state index contributed by atoms with van der Waals surface area (Å²) in [6, 6.07) is 15.7. The van der Waals surface area contributed by atoms with Crippen LogP contribution in [-0.2, 0) is 9.59 Å². The number of nitrogens with one attached hydrogen (secondary N) is 1. The van der Waals surface area contributed by atoms with Gasteiger partial charge in [0.25, 0.3) is 11.8 Å². The highest BCUT2D eigenvalue weighted by atomic mass is 35.5. The highest BCUT2D eigenvalue weighted by Crippen LogP contribution is 2.39. The number of hydrogen-bond donors (Lipinski definition) is 1. The maximum atomic E-state index is 13.5. The average molecular weight is 455 g/mol. The molecule has 31 heavy (non-hydrogen) atoms. The van der Waals surface area contributed by atoms with Crippen molar-refractivity contribution >= 4 is 51.7 Å². The Morgan fingerprint density at radius 1 is 1.03 bits per heavy atom. The van der Waals surface area contributed by atoms with Crippen molar-refractivity contribution in [3.05, 3.63) is 75.6 Å². The van der Waals surface area contributed by atoms with Crippen molar-refractivity contribution in [3.8, 4) is 11.5 Å². The number of nitrogens with zero attached hydrogens (tertiary/aromatic N) is 1. The van der Waals surface area contributed by atoms with Gasteiger partial charge in [0.05, 0.1) is 30.0 Å². The summed E-state index contributed by atoms with van der Waals surface area (Å²) in [5.74, 6) is 0.0981. The van der Waals surface area contributed by atoms with E-state index < -0.39 is 11.8 Å². The number of halogens is 1. The highest BCUT2D eigenvalue weighted by Gasteiger charge is 2.41. The molecule has 6 nitrogen and oxygen atoms in total. The van der Waals surface area contributed by atoms with Gasteiger partial charge in [0.1, 0.15) is 17.2 Å². The van der Waals surface area contributed by atoms with Crippen LogP contribution in [0.15, 0.2) is 65.7 Å². The second-order valence-electron chi connectivity index (χ2n) is 6.55. The van der Waals surface area contributed by atoms with Gasteiger partial charge in [-0.1, -0.05) is 29.8 Å². The van der Waals surface area contributed by atoms with E-state index in [4.69, 9.17) is 21.1 Å². The molecular formula is C23H19ClN2O4S. The molecule has 0 spiro atoms. The number of carbonyl (C=O) groups is 2. The number of hydrogen-bond acceptors (Lipinski definition) is 6. The Hall–Kier alpha value is -3.29. The normalized spacial score (nSPS) is 13.7. The minimum Gasteiger partial charge on any atom is -0.495 e. The topological polar surface area (TPSA) is 67.9 Å². The lowest BCUT2D eigenvalue weighted by Gasteiger charge is -2.19. The van der Waals surface area contributed by atoms with Crippen LogP contribution in [0.5, 0.6) is 11.5 Å². The number of imide groups is 1. The van der Waals surface area contributed by atoms with Gasteiger partial charge in [0.15, 0.2) is 0 Å². The number of benzene rings is 2. The Balaban J connectivity index is 1.79. The molecule has 0 saturated carbocycles. The summed E-state index contributed by atoms with van der Waals surface area (Å²) in [5, 5.41) is 5.35. The molecule has 0 unspecified atom stereocenters. The molecule has 158 valence electrons. The number of carbonyl (C=O) groups excluding carboxylic acids is 2. The molecule has 1 N–H and O–H groups in total. The maximum absolute atomic E-state index is 13.5. The fraction of sp³-hybridized carbons (Fsp3) is 0.130. The van der Waals surface area contributed by atoms with Gasteiger partial charge < -0.3 is 14.8 Å². The van der Waals surface area contributed by atoms with Gasteiger partial charge in [0, 0.05) is 10.6 Å². The lowest BCUT2D eigenvalue weighted by atomic mass is 10.2. The van der Waals surface area contributed by atoms with Crippen LogP contribution in [0.25, 0.3) is 5.57 Å². The van der Waals surface area contributed by atoms with Crippen LogP contribution in [0.1, 0.15) is 11.8 Å². The van der Waals surface area contributed by atoms with Gasteiger partial charge in [-0.3, -0.25) is 9.59 Å². The number of ether oxygens (including phenoxy) is 2. The molecule has 1 aromatic heterocycles. The standard InChI is InChI=1S/C23H19ClN2O4S/c1-3-30-18-8-5-4-7-16(18)26-22(27)20(19-9-6-12-31-19)21(23(26)28)25-14-10-11-17(29-2)15(24)13-14/h4-13,25H,3H2,1-2H3. The molecule has 2 aromatic carbocycles. The first-order valence-corrected chi connectivity index (χ1v) is 10.8. The molecule has 3 aromatic rings. The Labute approximate surface area is 188 Å². The summed E-state index contributed by atoms with van der Waals surface area (Å²) >= 11 is 7.62. The summed E-state index contributed by atoms with van der Waals surface area (Å²) in [4.78, 5) is 28.8. The van der Waals surface area contributed by atoms with Crippen LogP contribution < -0.4 is 19.7 Å². The fourth-order valence-electron chi connectivity index (χ4n) is 3.32. The lowest BCUT2D eigenvalue weighted by molar-refractivity contribution is -0.120. The number of thiophene rings is 1. The summed E-state index contributed by atoms with van der Waals surface area (Å²) in [6.45, 7) is 2.26. The largest absolute Gasteiger partial charge is 0.495 e. The minimum atomic E-state index is -0.465. The molecule has 2 amide bonds. The monoisotopic (exact) mass is 454 g/mol. The van der Waals surface area contributed by atoms with Crippen molar-refractivity contribution in [1.29, 1.82) is 0 Å². The minimum absolute atomic E-state index is 0.181. The van der Waals surface area contributed by atoms with Crippen LogP contribution in [0.2, 0.25) is 5.02 Å². The first-order valence-electron chi connectivity index (χ1n) is 9.54. The molecule has 2 heterocycles. The van der Waals surface area contributed by atoms with Gasteiger partial charge in [-0.05, 0) is 48.7 Å². The van der Waals surface area contributed by atoms with E-state index in [2.05, 4.69) is 5.32 Å². The van der Waals surface area contributed by atoms with Crippen molar-refractivity contribution in [1.82, 2.24) is 0 Å². The van der Waals surface area contributed by atoms with E-state index in [1.165, 1.54) is 18.4 Å². The van der Waals surface area contributed by atoms with Crippen LogP contribution in [0.4, 0.5) is 11.4 Å². The van der Waals surface area contributed by atoms with Crippen LogP contribution in [0.3, 0.4) is 0 Å². The summed E-state index contributed by atoms with van der Waals surface area (Å²) in [7, 11) is 1.53. The Bertz CT molecular complexity index is 1170. The second-order valence-corrected chi connectivity index (χ2v) is 7.90. The van der Waals surface area contributed by atoms with Gasteiger partial charge in [-0.25, -0.2) is 4.90 Å². The van der Waals surface area contributed by atoms with Crippen LogP contribution in [0, 0.1) is 0 Å². The molecule has 1 aliphatic rings. The first kappa shape index (κ1) is 21.0. The van der Waals surface area contributed by atoms with E-state index in [9.17, 15) is 9.59 Å². The zero-order valence-electron chi connectivity index (χ0n) is 16.8. The van der Waals surface area contributed by atoms with Crippen molar-refractivity contribution in [3.63, 3.8) is 0 Å². The predicted molar refractivity (Wildman–Crippen MR) is 123 cm³/mol. The van der Waals surface area contributed by atoms with Crippen LogP contribution >= 0.6 is 22.9 Å². The molecule has 0 bridgehead atoms. The summed E-state index contributed by atoms with van der Waals surface area (Å²) in [6.07, 6.45) is 0. The predicted octanol–water partition coefficient (Wildman–Crippen LogP) is 5.21. The van der Waals surface area contributed by atoms with Gasteiger partial charge in [-0.2, -0.15) is 0 Å². The molecular weight excluding hydrogens is 436 g/mol. The number of rotatable bonds is 7. The zero-order valence-corrected chi connectivity index (χ0v) is 18.4. The van der Waals surface area contributed by atoms with E-state index in [0.717, 1.165) is 4.90 Å². The third-order valence-corrected chi connectivity index (χ3v) is 5.86. The third-order valence-electron chi connectivity index (χ3n) is 4.68. The van der Waals surface area contributed by atoms with E-state index in [-0.39, 0.29) is 5.70 Å². The van der Waals surface area contributed by atoms with E-state index in [1.807, 2.05) is 24.4 Å². The van der Waals surface area contributed by atoms with Gasteiger partial charge in [-0.15, -0.1) is 11.3 Å². The number of anilines is 2. The van der Waals surface area contributed by atoms with Crippen molar-refractivity contribution in [2.24, 2.45) is 0 Å². The van der Waals surface area contributed by atoms with Crippen LogP contribution in [-0.4, -0.2) is 25.5 Å². The molecule has 0 atom stereocenters. The fourth-order valence-corrected chi connectivity index (χ4v) is 4.35. The van der Waals surface area contributed by atoms with E-state index >= 15 is 0 Å². The van der Waals surface area contributed by atoms with Gasteiger partial charge in [0.2, 0.25) is 0 Å². The molecule has 4 rings (SSSR count).